The van der Waals surface area contributed by atoms with Crippen LogP contribution in [0.2, 0.25) is 0 Å². The fourth-order valence-corrected chi connectivity index (χ4v) is 3.38. The molecule has 4 aromatic carbocycles. The van der Waals surface area contributed by atoms with Crippen molar-refractivity contribution in [2.24, 2.45) is 0 Å². The van der Waals surface area contributed by atoms with E-state index < -0.39 is 0 Å². The molecule has 0 N–H and O–H groups in total. The molecule has 0 saturated heterocycles. The number of aryl methyl sites for hydroxylation is 2. The molecule has 0 amide bonds. The summed E-state index contributed by atoms with van der Waals surface area (Å²) in [4.78, 5) is 10.9. The van der Waals surface area contributed by atoms with E-state index in [1.807, 2.05) is 24.3 Å². The summed E-state index contributed by atoms with van der Waals surface area (Å²) in [6.45, 7) is 4.25. The zero-order chi connectivity index (χ0) is 16.7. The van der Waals surface area contributed by atoms with Crippen LogP contribution in [0.25, 0.3) is 32.7 Å². The number of fused-ring (bicyclic) bond motifs is 3. The van der Waals surface area contributed by atoms with Crippen molar-refractivity contribution in [3.8, 4) is 11.1 Å². The third kappa shape index (κ3) is 2.39. The van der Waals surface area contributed by atoms with Crippen LogP contribution >= 0.6 is 0 Å². The van der Waals surface area contributed by atoms with Crippen molar-refractivity contribution in [1.82, 2.24) is 0 Å². The molecule has 0 aliphatic rings. The summed E-state index contributed by atoms with van der Waals surface area (Å²) in [7, 11) is 0. The molecule has 24 heavy (non-hydrogen) atoms. The normalized spacial score (nSPS) is 11.1. The summed E-state index contributed by atoms with van der Waals surface area (Å²) in [6, 6.07) is 23.3. The number of benzene rings is 4. The molecular formula is C23H18O. The molecule has 0 radical (unpaired) electrons. The molecule has 0 fully saturated rings. The van der Waals surface area contributed by atoms with Gasteiger partial charge in [-0.1, -0.05) is 71.8 Å². The van der Waals surface area contributed by atoms with E-state index in [4.69, 9.17) is 0 Å². The zero-order valence-electron chi connectivity index (χ0n) is 13.8. The van der Waals surface area contributed by atoms with Crippen molar-refractivity contribution in [3.05, 3.63) is 83.4 Å². The lowest BCUT2D eigenvalue weighted by molar-refractivity contribution is 0.112. The van der Waals surface area contributed by atoms with Crippen LogP contribution in [-0.4, -0.2) is 6.29 Å². The molecule has 0 aromatic heterocycles. The van der Waals surface area contributed by atoms with Crippen molar-refractivity contribution in [2.45, 2.75) is 13.8 Å². The summed E-state index contributed by atoms with van der Waals surface area (Å²) in [6.07, 6.45) is 0.885. The largest absolute Gasteiger partial charge is 0.298 e. The van der Waals surface area contributed by atoms with Gasteiger partial charge in [0.25, 0.3) is 0 Å². The van der Waals surface area contributed by atoms with E-state index in [0.29, 0.717) is 5.56 Å². The fraction of sp³-hybridized carbons (Fsp3) is 0.0870. The Morgan fingerprint density at radius 2 is 1.33 bits per heavy atom. The summed E-state index contributed by atoms with van der Waals surface area (Å²) < 4.78 is 0. The first kappa shape index (κ1) is 14.6. The molecule has 0 aliphatic carbocycles. The SMILES string of the molecule is Cc1ccc2c(c1)cc(-c1ccc(C=O)cc1)c1cc(C)ccc12. The van der Waals surface area contributed by atoms with E-state index >= 15 is 0 Å². The van der Waals surface area contributed by atoms with Gasteiger partial charge in [-0.25, -0.2) is 0 Å². The quantitative estimate of drug-likeness (QED) is 0.323. The minimum absolute atomic E-state index is 0.705. The van der Waals surface area contributed by atoms with Crippen molar-refractivity contribution in [1.29, 1.82) is 0 Å². The molecule has 0 saturated carbocycles. The first-order valence-electron chi connectivity index (χ1n) is 8.15. The Balaban J connectivity index is 2.10. The van der Waals surface area contributed by atoms with Gasteiger partial charge in [0, 0.05) is 5.56 Å². The molecule has 0 bridgehead atoms. The van der Waals surface area contributed by atoms with Gasteiger partial charge in [0.15, 0.2) is 0 Å². The Kier molecular flexibility index (Phi) is 3.42. The lowest BCUT2D eigenvalue weighted by atomic mass is 9.91. The number of hydrogen-bond acceptors (Lipinski definition) is 1. The Labute approximate surface area is 141 Å². The van der Waals surface area contributed by atoms with Crippen molar-refractivity contribution >= 4 is 27.8 Å². The van der Waals surface area contributed by atoms with E-state index in [1.165, 1.54) is 38.2 Å². The summed E-state index contributed by atoms with van der Waals surface area (Å²) >= 11 is 0. The summed E-state index contributed by atoms with van der Waals surface area (Å²) in [5.41, 5.74) is 5.57. The van der Waals surface area contributed by atoms with Crippen LogP contribution < -0.4 is 0 Å². The topological polar surface area (TPSA) is 17.1 Å². The van der Waals surface area contributed by atoms with Crippen LogP contribution in [0.1, 0.15) is 21.5 Å². The second kappa shape index (κ2) is 5.61. The van der Waals surface area contributed by atoms with Gasteiger partial charge < -0.3 is 0 Å². The number of aldehydes is 1. The average Bonchev–Trinajstić information content (AvgIpc) is 2.60. The van der Waals surface area contributed by atoms with Gasteiger partial charge in [-0.2, -0.15) is 0 Å². The van der Waals surface area contributed by atoms with Crippen LogP contribution in [0, 0.1) is 13.8 Å². The maximum atomic E-state index is 10.9. The third-order valence-corrected chi connectivity index (χ3v) is 4.62. The molecule has 116 valence electrons. The van der Waals surface area contributed by atoms with E-state index in [2.05, 4.69) is 56.3 Å². The number of carbonyl (C=O) groups excluding carboxylic acids is 1. The third-order valence-electron chi connectivity index (χ3n) is 4.62. The molecular weight excluding hydrogens is 292 g/mol. The van der Waals surface area contributed by atoms with Crippen LogP contribution in [0.15, 0.2) is 66.7 Å². The predicted molar refractivity (Wildman–Crippen MR) is 102 cm³/mol. The Morgan fingerprint density at radius 1 is 0.667 bits per heavy atom. The van der Waals surface area contributed by atoms with Crippen LogP contribution in [-0.2, 0) is 0 Å². The number of rotatable bonds is 2. The standard InChI is InChI=1S/C23H18O/c1-15-3-9-20-19(11-15)13-22(18-7-5-17(14-24)6-8-18)23-12-16(2)4-10-21(20)23/h3-14H,1-2H3. The number of hydrogen-bond donors (Lipinski definition) is 0. The minimum Gasteiger partial charge on any atom is -0.298 e. The highest BCUT2D eigenvalue weighted by atomic mass is 16.1. The molecule has 0 heterocycles. The van der Waals surface area contributed by atoms with E-state index in [0.717, 1.165) is 11.8 Å². The van der Waals surface area contributed by atoms with Gasteiger partial charge in [-0.3, -0.25) is 4.79 Å². The van der Waals surface area contributed by atoms with Gasteiger partial charge in [-0.15, -0.1) is 0 Å². The molecule has 0 spiro atoms. The maximum absolute atomic E-state index is 10.9. The van der Waals surface area contributed by atoms with Crippen LogP contribution in [0.4, 0.5) is 0 Å². The molecule has 4 aromatic rings. The Bertz CT molecular complexity index is 1070. The molecule has 4 rings (SSSR count). The lowest BCUT2D eigenvalue weighted by Crippen LogP contribution is -1.87. The molecule has 0 unspecified atom stereocenters. The second-order valence-corrected chi connectivity index (χ2v) is 6.44. The van der Waals surface area contributed by atoms with Crippen LogP contribution in [0.5, 0.6) is 0 Å². The first-order valence-corrected chi connectivity index (χ1v) is 8.15. The van der Waals surface area contributed by atoms with E-state index in [1.54, 1.807) is 0 Å². The van der Waals surface area contributed by atoms with Crippen LogP contribution in [0.3, 0.4) is 0 Å². The fourth-order valence-electron chi connectivity index (χ4n) is 3.38. The Morgan fingerprint density at radius 3 is 2.04 bits per heavy atom. The van der Waals surface area contributed by atoms with Gasteiger partial charge >= 0.3 is 0 Å². The minimum atomic E-state index is 0.705. The van der Waals surface area contributed by atoms with Crippen molar-refractivity contribution in [3.63, 3.8) is 0 Å². The summed E-state index contributed by atoms with van der Waals surface area (Å²) in [5, 5.41) is 5.06. The van der Waals surface area contributed by atoms with Gasteiger partial charge in [0.05, 0.1) is 0 Å². The maximum Gasteiger partial charge on any atom is 0.150 e. The molecule has 0 atom stereocenters. The second-order valence-electron chi connectivity index (χ2n) is 6.44. The Hall–Kier alpha value is -2.93. The molecule has 1 nitrogen and oxygen atoms in total. The highest BCUT2D eigenvalue weighted by Crippen LogP contribution is 2.35. The highest BCUT2D eigenvalue weighted by molar-refractivity contribution is 6.14. The van der Waals surface area contributed by atoms with Crippen molar-refractivity contribution in [2.75, 3.05) is 0 Å². The number of carbonyl (C=O) groups is 1. The van der Waals surface area contributed by atoms with E-state index in [9.17, 15) is 4.79 Å². The van der Waals surface area contributed by atoms with Crippen molar-refractivity contribution < 1.29 is 4.79 Å². The van der Waals surface area contributed by atoms with Gasteiger partial charge in [0.2, 0.25) is 0 Å². The highest BCUT2D eigenvalue weighted by Gasteiger charge is 2.09. The smallest absolute Gasteiger partial charge is 0.150 e. The summed E-state index contributed by atoms with van der Waals surface area (Å²) in [5.74, 6) is 0. The zero-order valence-corrected chi connectivity index (χ0v) is 13.8. The average molecular weight is 310 g/mol. The van der Waals surface area contributed by atoms with Gasteiger partial charge in [0.1, 0.15) is 6.29 Å². The molecule has 1 heteroatoms. The van der Waals surface area contributed by atoms with Gasteiger partial charge in [-0.05, 0) is 52.6 Å². The predicted octanol–water partition coefficient (Wildman–Crippen LogP) is 6.09. The lowest BCUT2D eigenvalue weighted by Gasteiger charge is -2.12. The van der Waals surface area contributed by atoms with E-state index in [-0.39, 0.29) is 0 Å². The monoisotopic (exact) mass is 310 g/mol. The first-order chi connectivity index (χ1) is 11.7. The molecule has 0 aliphatic heterocycles.